The molecule has 0 radical (unpaired) electrons. The fourth-order valence-electron chi connectivity index (χ4n) is 3.74. The van der Waals surface area contributed by atoms with Gasteiger partial charge in [-0.2, -0.15) is 4.31 Å². The molecule has 0 saturated carbocycles. The second-order valence-corrected chi connectivity index (χ2v) is 9.91. The maximum atomic E-state index is 13.2. The van der Waals surface area contributed by atoms with Gasteiger partial charge in [-0.25, -0.2) is 8.42 Å². The van der Waals surface area contributed by atoms with E-state index in [1.54, 1.807) is 30.3 Å². The number of morpholine rings is 1. The van der Waals surface area contributed by atoms with Crippen LogP contribution in [0.5, 0.6) is 11.5 Å². The Balaban J connectivity index is 1.54. The third-order valence-corrected chi connectivity index (χ3v) is 7.05. The quantitative estimate of drug-likeness (QED) is 0.577. The molecular formula is C25H26N2O5S. The molecule has 1 saturated heterocycles. The maximum absolute atomic E-state index is 13.2. The van der Waals surface area contributed by atoms with Crippen molar-refractivity contribution in [1.29, 1.82) is 0 Å². The first kappa shape index (κ1) is 23.0. The highest BCUT2D eigenvalue weighted by Gasteiger charge is 2.32. The SMILES string of the molecule is CC1CN(S(=O)(=O)c2cccc(C(=O)Nc3ccccc3Oc3ccccc3)c2)CC(C)O1. The average molecular weight is 467 g/mol. The lowest BCUT2D eigenvalue weighted by Gasteiger charge is -2.34. The number of anilines is 1. The molecule has 2 unspecified atom stereocenters. The van der Waals surface area contributed by atoms with Crippen molar-refractivity contribution < 1.29 is 22.7 Å². The van der Waals surface area contributed by atoms with E-state index in [1.807, 2.05) is 50.2 Å². The fourth-order valence-corrected chi connectivity index (χ4v) is 5.38. The molecule has 4 rings (SSSR count). The summed E-state index contributed by atoms with van der Waals surface area (Å²) in [6.45, 7) is 4.23. The lowest BCUT2D eigenvalue weighted by atomic mass is 10.2. The van der Waals surface area contributed by atoms with Gasteiger partial charge in [-0.1, -0.05) is 36.4 Å². The number of ether oxygens (including phenoxy) is 2. The standard InChI is InChI=1S/C25H26N2O5S/c1-18-16-27(17-19(2)31-18)33(29,30)22-12-8-9-20(15-22)25(28)26-23-13-6-7-14-24(23)32-21-10-4-3-5-11-21/h3-15,18-19H,16-17H2,1-2H3,(H,26,28). The molecular weight excluding hydrogens is 440 g/mol. The first-order valence-corrected chi connectivity index (χ1v) is 12.2. The molecule has 1 aliphatic rings. The lowest BCUT2D eigenvalue weighted by Crippen LogP contribution is -2.48. The summed E-state index contributed by atoms with van der Waals surface area (Å²) in [7, 11) is -3.76. The van der Waals surface area contributed by atoms with E-state index in [0.717, 1.165) is 0 Å². The van der Waals surface area contributed by atoms with Gasteiger partial charge in [-0.3, -0.25) is 4.79 Å². The Kier molecular flexibility index (Phi) is 6.78. The third-order valence-electron chi connectivity index (χ3n) is 5.23. The second kappa shape index (κ2) is 9.74. The number of hydrogen-bond donors (Lipinski definition) is 1. The molecule has 1 N–H and O–H groups in total. The first-order chi connectivity index (χ1) is 15.8. The molecule has 0 aliphatic carbocycles. The molecule has 2 atom stereocenters. The number of nitrogens with zero attached hydrogens (tertiary/aromatic N) is 1. The molecule has 33 heavy (non-hydrogen) atoms. The number of carbonyl (C=O) groups is 1. The summed E-state index contributed by atoms with van der Waals surface area (Å²) in [5, 5.41) is 2.83. The van der Waals surface area contributed by atoms with Gasteiger partial charge in [-0.15, -0.1) is 0 Å². The molecule has 0 aromatic heterocycles. The van der Waals surface area contributed by atoms with Crippen LogP contribution in [0.1, 0.15) is 24.2 Å². The first-order valence-electron chi connectivity index (χ1n) is 10.7. The minimum absolute atomic E-state index is 0.0743. The highest BCUT2D eigenvalue weighted by atomic mass is 32.2. The predicted octanol–water partition coefficient (Wildman–Crippen LogP) is 4.53. The summed E-state index contributed by atoms with van der Waals surface area (Å²) in [4.78, 5) is 13.1. The van der Waals surface area contributed by atoms with E-state index in [0.29, 0.717) is 17.2 Å². The second-order valence-electron chi connectivity index (χ2n) is 7.97. The van der Waals surface area contributed by atoms with Gasteiger partial charge in [0.15, 0.2) is 5.75 Å². The lowest BCUT2D eigenvalue weighted by molar-refractivity contribution is -0.0440. The van der Waals surface area contributed by atoms with E-state index >= 15 is 0 Å². The Labute approximate surface area is 194 Å². The van der Waals surface area contributed by atoms with Crippen molar-refractivity contribution in [2.24, 2.45) is 0 Å². The van der Waals surface area contributed by atoms with Gasteiger partial charge in [0, 0.05) is 18.7 Å². The maximum Gasteiger partial charge on any atom is 0.255 e. The Morgan fingerprint density at radius 3 is 2.33 bits per heavy atom. The number of carbonyl (C=O) groups excluding carboxylic acids is 1. The van der Waals surface area contributed by atoms with Crippen molar-refractivity contribution in [2.45, 2.75) is 31.0 Å². The summed E-state index contributed by atoms with van der Waals surface area (Å²) in [5.41, 5.74) is 0.718. The van der Waals surface area contributed by atoms with E-state index in [-0.39, 0.29) is 35.8 Å². The van der Waals surface area contributed by atoms with Crippen LogP contribution in [0.25, 0.3) is 0 Å². The molecule has 7 nitrogen and oxygen atoms in total. The van der Waals surface area contributed by atoms with Crippen molar-refractivity contribution in [2.75, 3.05) is 18.4 Å². The topological polar surface area (TPSA) is 84.9 Å². The molecule has 3 aromatic carbocycles. The van der Waals surface area contributed by atoms with E-state index in [4.69, 9.17) is 9.47 Å². The molecule has 1 aliphatic heterocycles. The van der Waals surface area contributed by atoms with Crippen molar-refractivity contribution in [3.05, 3.63) is 84.4 Å². The van der Waals surface area contributed by atoms with E-state index < -0.39 is 15.9 Å². The molecule has 172 valence electrons. The van der Waals surface area contributed by atoms with Crippen molar-refractivity contribution in [3.63, 3.8) is 0 Å². The van der Waals surface area contributed by atoms with Gasteiger partial charge in [0.1, 0.15) is 5.75 Å². The predicted molar refractivity (Wildman–Crippen MR) is 126 cm³/mol. The van der Waals surface area contributed by atoms with Gasteiger partial charge in [0.05, 0.1) is 22.8 Å². The molecule has 1 amide bonds. The molecule has 8 heteroatoms. The zero-order valence-electron chi connectivity index (χ0n) is 18.5. The van der Waals surface area contributed by atoms with Crippen LogP contribution in [0, 0.1) is 0 Å². The van der Waals surface area contributed by atoms with Crippen LogP contribution >= 0.6 is 0 Å². The summed E-state index contributed by atoms with van der Waals surface area (Å²) < 4.78 is 39.3. The zero-order valence-corrected chi connectivity index (χ0v) is 19.3. The van der Waals surface area contributed by atoms with Gasteiger partial charge in [0.25, 0.3) is 5.91 Å². The smallest absolute Gasteiger partial charge is 0.255 e. The van der Waals surface area contributed by atoms with Gasteiger partial charge >= 0.3 is 0 Å². The van der Waals surface area contributed by atoms with Crippen LogP contribution < -0.4 is 10.1 Å². The van der Waals surface area contributed by atoms with Gasteiger partial charge < -0.3 is 14.8 Å². The third kappa shape index (κ3) is 5.42. The van der Waals surface area contributed by atoms with Crippen molar-refractivity contribution in [3.8, 4) is 11.5 Å². The van der Waals surface area contributed by atoms with Crippen LogP contribution in [-0.4, -0.2) is 43.9 Å². The molecule has 1 fully saturated rings. The number of sulfonamides is 1. The van der Waals surface area contributed by atoms with E-state index in [1.165, 1.54) is 16.4 Å². The largest absolute Gasteiger partial charge is 0.455 e. The highest BCUT2D eigenvalue weighted by molar-refractivity contribution is 7.89. The Hall–Kier alpha value is -3.20. The number of rotatable bonds is 6. The number of benzene rings is 3. The Morgan fingerprint density at radius 1 is 0.939 bits per heavy atom. The summed E-state index contributed by atoms with van der Waals surface area (Å²) in [5.74, 6) is 0.693. The van der Waals surface area contributed by atoms with Crippen LogP contribution in [0.2, 0.25) is 0 Å². The van der Waals surface area contributed by atoms with Gasteiger partial charge in [-0.05, 0) is 56.3 Å². The molecule has 0 spiro atoms. The number of para-hydroxylation sites is 3. The summed E-state index contributed by atoms with van der Waals surface area (Å²) >= 11 is 0. The average Bonchev–Trinajstić information content (AvgIpc) is 2.80. The van der Waals surface area contributed by atoms with E-state index in [9.17, 15) is 13.2 Å². The number of hydrogen-bond acceptors (Lipinski definition) is 5. The zero-order chi connectivity index (χ0) is 23.4. The highest BCUT2D eigenvalue weighted by Crippen LogP contribution is 2.30. The van der Waals surface area contributed by atoms with Crippen LogP contribution in [0.3, 0.4) is 0 Å². The number of nitrogens with one attached hydrogen (secondary N) is 1. The minimum Gasteiger partial charge on any atom is -0.455 e. The Bertz CT molecular complexity index is 1220. The molecule has 3 aromatic rings. The minimum atomic E-state index is -3.76. The van der Waals surface area contributed by atoms with Gasteiger partial charge in [0.2, 0.25) is 10.0 Å². The fraction of sp³-hybridized carbons (Fsp3) is 0.240. The number of amides is 1. The van der Waals surface area contributed by atoms with Crippen LogP contribution in [0.4, 0.5) is 5.69 Å². The molecule has 1 heterocycles. The monoisotopic (exact) mass is 466 g/mol. The summed E-state index contributed by atoms with van der Waals surface area (Å²) in [6.07, 6.45) is -0.396. The summed E-state index contributed by atoms with van der Waals surface area (Å²) in [6, 6.07) is 22.4. The van der Waals surface area contributed by atoms with Crippen LogP contribution in [-0.2, 0) is 14.8 Å². The normalized spacial score (nSPS) is 19.1. The van der Waals surface area contributed by atoms with Crippen molar-refractivity contribution in [1.82, 2.24) is 4.31 Å². The van der Waals surface area contributed by atoms with E-state index in [2.05, 4.69) is 5.32 Å². The van der Waals surface area contributed by atoms with Crippen molar-refractivity contribution >= 4 is 21.6 Å². The van der Waals surface area contributed by atoms with Crippen LogP contribution in [0.15, 0.2) is 83.8 Å². The Morgan fingerprint density at radius 2 is 1.61 bits per heavy atom. The molecule has 0 bridgehead atoms.